The van der Waals surface area contributed by atoms with E-state index in [0.717, 1.165) is 43.4 Å². The first kappa shape index (κ1) is 21.4. The fraction of sp³-hybridized carbons (Fsp3) is 0.381. The lowest BCUT2D eigenvalue weighted by molar-refractivity contribution is 0.0684. The summed E-state index contributed by atoms with van der Waals surface area (Å²) in [4.78, 5) is 14.3. The van der Waals surface area contributed by atoms with Crippen LogP contribution in [0.2, 0.25) is 0 Å². The smallest absolute Gasteiger partial charge is 0.335 e. The lowest BCUT2D eigenvalue weighted by Crippen LogP contribution is -2.40. The van der Waals surface area contributed by atoms with Crippen LogP contribution in [-0.4, -0.2) is 37.6 Å². The number of carbonyl (C=O) groups excluding carboxylic acids is 1. The molecule has 3 rings (SSSR count). The first-order valence-electron chi connectivity index (χ1n) is 9.46. The average molecular weight is 425 g/mol. The summed E-state index contributed by atoms with van der Waals surface area (Å²) in [6.07, 6.45) is 4.37. The molecule has 1 saturated carbocycles. The molecule has 156 valence electrons. The molecule has 2 aromatic carbocycles. The fourth-order valence-corrected chi connectivity index (χ4v) is 4.34. The molecular weight excluding hydrogens is 403 g/mol. The van der Waals surface area contributed by atoms with Crippen LogP contribution in [0.3, 0.4) is 0 Å². The third-order valence-electron chi connectivity index (χ3n) is 5.25. The fourth-order valence-electron chi connectivity index (χ4n) is 3.62. The zero-order valence-corrected chi connectivity index (χ0v) is 16.5. The van der Waals surface area contributed by atoms with Crippen LogP contribution in [0.5, 0.6) is 0 Å². The summed E-state index contributed by atoms with van der Waals surface area (Å²) < 4.78 is 61.6. The van der Waals surface area contributed by atoms with E-state index in [1.54, 1.807) is 17.0 Å². The number of benzene rings is 2. The molecule has 0 N–H and O–H groups in total. The molecule has 0 bridgehead atoms. The number of carbonyl (C=O) groups is 1. The molecule has 2 aromatic rings. The Bertz CT molecular complexity index is 938. The Balaban J connectivity index is 1.78. The molecule has 0 unspecified atom stereocenters. The highest BCUT2D eigenvalue weighted by molar-refractivity contribution is 7.91. The Hall–Kier alpha value is -2.35. The predicted octanol–water partition coefficient (Wildman–Crippen LogP) is 4.45. The molecule has 1 amide bonds. The van der Waals surface area contributed by atoms with Gasteiger partial charge in [0, 0.05) is 18.2 Å². The molecule has 0 spiro atoms. The number of sulfone groups is 1. The normalized spacial score (nSPS) is 15.0. The van der Waals surface area contributed by atoms with Crippen molar-refractivity contribution in [3.8, 4) is 0 Å². The van der Waals surface area contributed by atoms with Crippen molar-refractivity contribution in [1.82, 2.24) is 4.90 Å². The Labute approximate surface area is 168 Å². The van der Waals surface area contributed by atoms with Crippen molar-refractivity contribution >= 4 is 15.7 Å². The second kappa shape index (κ2) is 8.98. The molecular formula is C21H22F3NO3S. The first-order valence-corrected chi connectivity index (χ1v) is 11.0. The minimum absolute atomic E-state index is 0.0763. The van der Waals surface area contributed by atoms with Crippen LogP contribution in [-0.2, 0) is 16.3 Å². The van der Waals surface area contributed by atoms with Gasteiger partial charge in [-0.3, -0.25) is 4.79 Å². The van der Waals surface area contributed by atoms with Crippen LogP contribution in [0.25, 0.3) is 0 Å². The number of nitrogens with zero attached hydrogens (tertiary/aromatic N) is 1. The van der Waals surface area contributed by atoms with Crippen molar-refractivity contribution in [2.24, 2.45) is 0 Å². The molecule has 0 saturated heterocycles. The molecule has 0 heterocycles. The van der Waals surface area contributed by atoms with Gasteiger partial charge in [-0.25, -0.2) is 12.8 Å². The minimum Gasteiger partial charge on any atom is -0.335 e. The molecule has 29 heavy (non-hydrogen) atoms. The summed E-state index contributed by atoms with van der Waals surface area (Å²) in [5, 5.41) is 0. The summed E-state index contributed by atoms with van der Waals surface area (Å²) in [5.74, 6) is -4.09. The van der Waals surface area contributed by atoms with E-state index in [4.69, 9.17) is 0 Å². The zero-order valence-electron chi connectivity index (χ0n) is 15.7. The minimum atomic E-state index is -4.69. The number of hydrogen-bond acceptors (Lipinski definition) is 3. The molecule has 0 atom stereocenters. The van der Waals surface area contributed by atoms with E-state index in [9.17, 15) is 26.4 Å². The molecule has 1 fully saturated rings. The van der Waals surface area contributed by atoms with Crippen LogP contribution in [0.1, 0.15) is 41.6 Å². The second-order valence-corrected chi connectivity index (χ2v) is 9.06. The molecule has 1 aliphatic carbocycles. The van der Waals surface area contributed by atoms with E-state index in [1.165, 1.54) is 24.3 Å². The molecule has 0 aromatic heterocycles. The van der Waals surface area contributed by atoms with Gasteiger partial charge in [0.15, 0.2) is 0 Å². The van der Waals surface area contributed by atoms with E-state index < -0.39 is 20.5 Å². The number of alkyl halides is 2. The van der Waals surface area contributed by atoms with Gasteiger partial charge in [0.05, 0.1) is 4.90 Å². The van der Waals surface area contributed by atoms with E-state index in [0.29, 0.717) is 13.0 Å². The maximum Gasteiger partial charge on any atom is 0.341 e. The monoisotopic (exact) mass is 425 g/mol. The largest absolute Gasteiger partial charge is 0.341 e. The third-order valence-corrected chi connectivity index (χ3v) is 6.64. The molecule has 8 heteroatoms. The van der Waals surface area contributed by atoms with Crippen LogP contribution in [0, 0.1) is 5.82 Å². The highest BCUT2D eigenvalue weighted by Crippen LogP contribution is 2.26. The van der Waals surface area contributed by atoms with Gasteiger partial charge in [-0.15, -0.1) is 0 Å². The molecule has 0 aliphatic heterocycles. The number of halogens is 3. The molecule has 4 nitrogen and oxygen atoms in total. The van der Waals surface area contributed by atoms with E-state index in [1.807, 2.05) is 0 Å². The van der Waals surface area contributed by atoms with Gasteiger partial charge >= 0.3 is 5.76 Å². The quantitative estimate of drug-likeness (QED) is 0.659. The summed E-state index contributed by atoms with van der Waals surface area (Å²) in [5.41, 5.74) is 1.16. The van der Waals surface area contributed by atoms with Crippen molar-refractivity contribution in [2.75, 3.05) is 6.54 Å². The van der Waals surface area contributed by atoms with Crippen LogP contribution in [0.4, 0.5) is 13.2 Å². The lowest BCUT2D eigenvalue weighted by atomic mass is 10.1. The Morgan fingerprint density at radius 2 is 1.59 bits per heavy atom. The van der Waals surface area contributed by atoms with Gasteiger partial charge in [0.25, 0.3) is 5.91 Å². The van der Waals surface area contributed by atoms with Crippen molar-refractivity contribution in [3.63, 3.8) is 0 Å². The third kappa shape index (κ3) is 4.98. The predicted molar refractivity (Wildman–Crippen MR) is 103 cm³/mol. The van der Waals surface area contributed by atoms with Gasteiger partial charge < -0.3 is 4.90 Å². The van der Waals surface area contributed by atoms with E-state index >= 15 is 0 Å². The van der Waals surface area contributed by atoms with Crippen LogP contribution in [0.15, 0.2) is 53.4 Å². The SMILES string of the molecule is O=C(c1ccc(S(=O)(=O)C(F)F)cc1)N(CCc1ccc(F)cc1)C1CCCC1. The van der Waals surface area contributed by atoms with Crippen molar-refractivity contribution in [2.45, 2.75) is 48.8 Å². The van der Waals surface area contributed by atoms with Gasteiger partial charge in [-0.1, -0.05) is 25.0 Å². The van der Waals surface area contributed by atoms with Gasteiger partial charge in [0.2, 0.25) is 9.84 Å². The van der Waals surface area contributed by atoms with Gasteiger partial charge in [0.1, 0.15) is 5.82 Å². The standard InChI is InChI=1S/C21H22F3NO3S/c22-17-9-5-15(6-10-17)13-14-25(18-3-1-2-4-18)20(26)16-7-11-19(12-8-16)29(27,28)21(23)24/h5-12,18,21H,1-4,13-14H2. The van der Waals surface area contributed by atoms with Crippen LogP contribution < -0.4 is 0 Å². The number of hydrogen-bond donors (Lipinski definition) is 0. The Morgan fingerprint density at radius 3 is 2.14 bits per heavy atom. The van der Waals surface area contributed by atoms with Gasteiger partial charge in [-0.05, 0) is 61.2 Å². The summed E-state index contributed by atoms with van der Waals surface area (Å²) >= 11 is 0. The van der Waals surface area contributed by atoms with Crippen LogP contribution >= 0.6 is 0 Å². The zero-order chi connectivity index (χ0) is 21.0. The molecule has 0 radical (unpaired) electrons. The first-order chi connectivity index (χ1) is 13.8. The second-order valence-electron chi connectivity index (χ2n) is 7.14. The highest BCUT2D eigenvalue weighted by atomic mass is 32.2. The maximum atomic E-state index is 13.1. The summed E-state index contributed by atoms with van der Waals surface area (Å²) in [7, 11) is -4.69. The maximum absolute atomic E-state index is 13.1. The van der Waals surface area contributed by atoms with Crippen molar-refractivity contribution < 1.29 is 26.4 Å². The van der Waals surface area contributed by atoms with Crippen molar-refractivity contribution in [1.29, 1.82) is 0 Å². The topological polar surface area (TPSA) is 54.5 Å². The Kier molecular flexibility index (Phi) is 6.62. The summed E-state index contributed by atoms with van der Waals surface area (Å²) in [6, 6.07) is 10.8. The molecule has 1 aliphatic rings. The van der Waals surface area contributed by atoms with Crippen molar-refractivity contribution in [3.05, 3.63) is 65.5 Å². The van der Waals surface area contributed by atoms with Gasteiger partial charge in [-0.2, -0.15) is 8.78 Å². The lowest BCUT2D eigenvalue weighted by Gasteiger charge is -2.29. The summed E-state index contributed by atoms with van der Waals surface area (Å²) in [6.45, 7) is 0.437. The average Bonchev–Trinajstić information content (AvgIpc) is 3.24. The Morgan fingerprint density at radius 1 is 1.00 bits per heavy atom. The van der Waals surface area contributed by atoms with E-state index in [2.05, 4.69) is 0 Å². The highest BCUT2D eigenvalue weighted by Gasteiger charge is 2.29. The number of rotatable bonds is 7. The number of amides is 1. The van der Waals surface area contributed by atoms with E-state index in [-0.39, 0.29) is 23.3 Å².